The number of amides is 2. The van der Waals surface area contributed by atoms with Gasteiger partial charge in [-0.25, -0.2) is 4.79 Å². The molecule has 1 aromatic carbocycles. The Morgan fingerprint density at radius 1 is 1.23 bits per heavy atom. The van der Waals surface area contributed by atoms with E-state index in [0.717, 1.165) is 28.9 Å². The van der Waals surface area contributed by atoms with Gasteiger partial charge in [0.2, 0.25) is 0 Å². The highest BCUT2D eigenvalue weighted by Gasteiger charge is 2.29. The lowest BCUT2D eigenvalue weighted by molar-refractivity contribution is 0.206. The van der Waals surface area contributed by atoms with Gasteiger partial charge in [-0.1, -0.05) is 22.9 Å². The van der Waals surface area contributed by atoms with Crippen molar-refractivity contribution in [1.82, 2.24) is 24.8 Å². The first-order valence-electron chi connectivity index (χ1n) is 8.49. The summed E-state index contributed by atoms with van der Waals surface area (Å²) in [4.78, 5) is 18.7. The number of aryl methyl sites for hydroxylation is 3. The van der Waals surface area contributed by atoms with Crippen LogP contribution in [0.1, 0.15) is 22.6 Å². The largest absolute Gasteiger partial charge is 0.332 e. The van der Waals surface area contributed by atoms with E-state index in [1.54, 1.807) is 11.8 Å². The van der Waals surface area contributed by atoms with Gasteiger partial charge in [-0.05, 0) is 26.0 Å². The number of benzene rings is 1. The number of aromatic nitrogens is 4. The Morgan fingerprint density at radius 3 is 2.69 bits per heavy atom. The Labute approximate surface area is 150 Å². The second-order valence-corrected chi connectivity index (χ2v) is 6.51. The molecule has 8 nitrogen and oxygen atoms in total. The van der Waals surface area contributed by atoms with Crippen molar-refractivity contribution in [2.75, 3.05) is 11.9 Å². The summed E-state index contributed by atoms with van der Waals surface area (Å²) in [6, 6.07) is 7.62. The molecule has 4 rings (SSSR count). The number of rotatable bonds is 2. The molecule has 0 radical (unpaired) electrons. The van der Waals surface area contributed by atoms with Crippen molar-refractivity contribution in [3.8, 4) is 11.6 Å². The summed E-state index contributed by atoms with van der Waals surface area (Å²) < 4.78 is 7.11. The average molecular weight is 352 g/mol. The maximum atomic E-state index is 12.7. The number of hydrogen-bond donors (Lipinski definition) is 1. The van der Waals surface area contributed by atoms with Crippen LogP contribution >= 0.6 is 0 Å². The second kappa shape index (κ2) is 6.29. The molecule has 3 heterocycles. The van der Waals surface area contributed by atoms with E-state index in [-0.39, 0.29) is 6.03 Å². The van der Waals surface area contributed by atoms with Gasteiger partial charge in [0.05, 0.1) is 6.54 Å². The molecule has 0 unspecified atom stereocenters. The fourth-order valence-corrected chi connectivity index (χ4v) is 3.17. The lowest BCUT2D eigenvalue weighted by Crippen LogP contribution is -2.39. The molecule has 8 heteroatoms. The highest BCUT2D eigenvalue weighted by Crippen LogP contribution is 2.29. The summed E-state index contributed by atoms with van der Waals surface area (Å²) in [5.41, 5.74) is 4.64. The standard InChI is InChI=1S/C18H20N6O2/c1-11-4-6-13(7-5-11)20-18(25)24-9-8-15-14(10-24)16(21-23(15)3)17-19-12(2)22-26-17/h4-7H,8-10H2,1-3H3,(H,20,25). The van der Waals surface area contributed by atoms with Crippen LogP contribution < -0.4 is 5.32 Å². The fourth-order valence-electron chi connectivity index (χ4n) is 3.17. The lowest BCUT2D eigenvalue weighted by atomic mass is 10.1. The highest BCUT2D eigenvalue weighted by atomic mass is 16.5. The topological polar surface area (TPSA) is 89.1 Å². The van der Waals surface area contributed by atoms with E-state index in [0.29, 0.717) is 30.5 Å². The van der Waals surface area contributed by atoms with Gasteiger partial charge < -0.3 is 14.7 Å². The van der Waals surface area contributed by atoms with Crippen molar-refractivity contribution in [2.45, 2.75) is 26.8 Å². The Hall–Kier alpha value is -3.16. The molecule has 1 aliphatic rings. The van der Waals surface area contributed by atoms with Crippen LogP contribution in [0, 0.1) is 13.8 Å². The van der Waals surface area contributed by atoms with Crippen LogP contribution in [0.25, 0.3) is 11.6 Å². The van der Waals surface area contributed by atoms with Gasteiger partial charge in [-0.15, -0.1) is 0 Å². The highest BCUT2D eigenvalue weighted by molar-refractivity contribution is 5.89. The predicted molar refractivity (Wildman–Crippen MR) is 95.5 cm³/mol. The van der Waals surface area contributed by atoms with Crippen LogP contribution in [0.2, 0.25) is 0 Å². The number of fused-ring (bicyclic) bond motifs is 1. The first-order chi connectivity index (χ1) is 12.5. The number of nitrogens with zero attached hydrogens (tertiary/aromatic N) is 5. The van der Waals surface area contributed by atoms with Gasteiger partial charge in [-0.2, -0.15) is 10.1 Å². The van der Waals surface area contributed by atoms with Gasteiger partial charge in [0, 0.05) is 37.0 Å². The molecular weight excluding hydrogens is 332 g/mol. The van der Waals surface area contributed by atoms with E-state index in [1.807, 2.05) is 42.9 Å². The molecule has 3 aromatic rings. The molecule has 0 saturated heterocycles. The summed E-state index contributed by atoms with van der Waals surface area (Å²) in [5.74, 6) is 0.948. The minimum Gasteiger partial charge on any atom is -0.332 e. The van der Waals surface area contributed by atoms with Gasteiger partial charge in [-0.3, -0.25) is 4.68 Å². The second-order valence-electron chi connectivity index (χ2n) is 6.51. The molecule has 26 heavy (non-hydrogen) atoms. The number of carbonyl (C=O) groups is 1. The Balaban J connectivity index is 1.57. The van der Waals surface area contributed by atoms with Gasteiger partial charge in [0.15, 0.2) is 11.5 Å². The maximum Gasteiger partial charge on any atom is 0.322 e. The van der Waals surface area contributed by atoms with Crippen molar-refractivity contribution >= 4 is 11.7 Å². The Morgan fingerprint density at radius 2 is 2.00 bits per heavy atom. The number of hydrogen-bond acceptors (Lipinski definition) is 5. The number of carbonyl (C=O) groups excluding carboxylic acids is 1. The summed E-state index contributed by atoms with van der Waals surface area (Å²) in [7, 11) is 1.90. The third-order valence-electron chi connectivity index (χ3n) is 4.56. The van der Waals surface area contributed by atoms with E-state index < -0.39 is 0 Å². The molecule has 0 aliphatic carbocycles. The van der Waals surface area contributed by atoms with Gasteiger partial charge in [0.1, 0.15) is 0 Å². The van der Waals surface area contributed by atoms with E-state index in [4.69, 9.17) is 4.52 Å². The molecule has 1 N–H and O–H groups in total. The maximum absolute atomic E-state index is 12.7. The number of urea groups is 1. The molecule has 0 fully saturated rings. The minimum absolute atomic E-state index is 0.129. The Bertz CT molecular complexity index is 957. The van der Waals surface area contributed by atoms with Crippen LogP contribution in [0.5, 0.6) is 0 Å². The molecule has 0 saturated carbocycles. The molecule has 0 spiro atoms. The molecule has 134 valence electrons. The molecule has 1 aliphatic heterocycles. The normalized spacial score (nSPS) is 13.6. The van der Waals surface area contributed by atoms with Crippen molar-refractivity contribution in [3.63, 3.8) is 0 Å². The zero-order valence-corrected chi connectivity index (χ0v) is 15.0. The van der Waals surface area contributed by atoms with Crippen molar-refractivity contribution < 1.29 is 9.32 Å². The monoisotopic (exact) mass is 352 g/mol. The average Bonchev–Trinajstić information content (AvgIpc) is 3.20. The minimum atomic E-state index is -0.129. The summed E-state index contributed by atoms with van der Waals surface area (Å²) in [5, 5.41) is 11.3. The van der Waals surface area contributed by atoms with E-state index in [1.165, 1.54) is 0 Å². The first-order valence-corrected chi connectivity index (χ1v) is 8.49. The molecule has 0 bridgehead atoms. The van der Waals surface area contributed by atoms with Crippen LogP contribution in [0.4, 0.5) is 10.5 Å². The zero-order chi connectivity index (χ0) is 18.3. The third-order valence-corrected chi connectivity index (χ3v) is 4.56. The summed E-state index contributed by atoms with van der Waals surface area (Å²) in [6.07, 6.45) is 0.729. The third kappa shape index (κ3) is 2.94. The van der Waals surface area contributed by atoms with Gasteiger partial charge >= 0.3 is 6.03 Å². The smallest absolute Gasteiger partial charge is 0.322 e. The van der Waals surface area contributed by atoms with Crippen LogP contribution in [0.15, 0.2) is 28.8 Å². The van der Waals surface area contributed by atoms with E-state index >= 15 is 0 Å². The van der Waals surface area contributed by atoms with Crippen molar-refractivity contribution in [3.05, 3.63) is 46.9 Å². The number of nitrogens with one attached hydrogen (secondary N) is 1. The number of anilines is 1. The molecular formula is C18H20N6O2. The van der Waals surface area contributed by atoms with Crippen molar-refractivity contribution in [1.29, 1.82) is 0 Å². The summed E-state index contributed by atoms with van der Waals surface area (Å²) >= 11 is 0. The van der Waals surface area contributed by atoms with Crippen LogP contribution in [0.3, 0.4) is 0 Å². The quantitative estimate of drug-likeness (QED) is 0.766. The van der Waals surface area contributed by atoms with Gasteiger partial charge in [0.25, 0.3) is 5.89 Å². The van der Waals surface area contributed by atoms with E-state index in [2.05, 4.69) is 20.6 Å². The van der Waals surface area contributed by atoms with E-state index in [9.17, 15) is 4.79 Å². The van der Waals surface area contributed by atoms with Crippen LogP contribution in [-0.2, 0) is 20.0 Å². The first kappa shape index (κ1) is 16.3. The SMILES string of the molecule is Cc1ccc(NC(=O)N2CCc3c(c(-c4nc(C)no4)nn3C)C2)cc1. The molecule has 2 aromatic heterocycles. The zero-order valence-electron chi connectivity index (χ0n) is 15.0. The predicted octanol–water partition coefficient (Wildman–Crippen LogP) is 2.68. The molecule has 0 atom stereocenters. The Kier molecular flexibility index (Phi) is 3.95. The fraction of sp³-hybridized carbons (Fsp3) is 0.333. The molecule has 2 amide bonds. The van der Waals surface area contributed by atoms with Crippen molar-refractivity contribution in [2.24, 2.45) is 7.05 Å². The lowest BCUT2D eigenvalue weighted by Gasteiger charge is -2.27. The van der Waals surface area contributed by atoms with Crippen LogP contribution in [-0.4, -0.2) is 37.4 Å². The summed E-state index contributed by atoms with van der Waals surface area (Å²) in [6.45, 7) is 4.87.